The van der Waals surface area contributed by atoms with E-state index in [1.54, 1.807) is 0 Å². The Morgan fingerprint density at radius 2 is 1.70 bits per heavy atom. The average Bonchev–Trinajstić information content (AvgIpc) is 3.20. The summed E-state index contributed by atoms with van der Waals surface area (Å²) in [5, 5.41) is 0. The molecule has 2 atom stereocenters. The van der Waals surface area contributed by atoms with Crippen LogP contribution in [0.25, 0.3) is 0 Å². The Morgan fingerprint density at radius 3 is 2.35 bits per heavy atom. The summed E-state index contributed by atoms with van der Waals surface area (Å²) in [6.45, 7) is 0.278. The summed E-state index contributed by atoms with van der Waals surface area (Å²) >= 11 is 0. The van der Waals surface area contributed by atoms with Gasteiger partial charge in [0.1, 0.15) is 12.1 Å². The van der Waals surface area contributed by atoms with Crippen molar-refractivity contribution >= 4 is 5.97 Å². The van der Waals surface area contributed by atoms with Crippen molar-refractivity contribution in [2.45, 2.75) is 24.5 Å². The number of esters is 1. The van der Waals surface area contributed by atoms with E-state index in [1.165, 1.54) is 0 Å². The van der Waals surface area contributed by atoms with E-state index in [9.17, 15) is 4.79 Å². The normalized spacial score (nSPS) is 24.1. The van der Waals surface area contributed by atoms with Crippen molar-refractivity contribution in [2.24, 2.45) is 5.73 Å². The minimum absolute atomic E-state index is 0.0759. The number of ether oxygens (including phenoxy) is 1. The number of hydrogen-bond donors (Lipinski definition) is 1. The Hall–Kier alpha value is -2.13. The lowest BCUT2D eigenvalue weighted by Gasteiger charge is -2.11. The van der Waals surface area contributed by atoms with E-state index >= 15 is 0 Å². The van der Waals surface area contributed by atoms with Crippen molar-refractivity contribution in [1.82, 2.24) is 0 Å². The molecule has 2 aromatic rings. The number of carbonyl (C=O) groups is 1. The highest BCUT2D eigenvalue weighted by atomic mass is 16.5. The van der Waals surface area contributed by atoms with Crippen molar-refractivity contribution in [3.05, 3.63) is 71.8 Å². The minimum atomic E-state index is -0.851. The highest BCUT2D eigenvalue weighted by Crippen LogP contribution is 2.50. The number of benzene rings is 2. The molecule has 0 heterocycles. The Kier molecular flexibility index (Phi) is 3.28. The van der Waals surface area contributed by atoms with Crippen molar-refractivity contribution in [3.8, 4) is 0 Å². The molecule has 0 aromatic heterocycles. The molecule has 0 saturated heterocycles. The second kappa shape index (κ2) is 5.10. The number of nitrogens with two attached hydrogens (primary N) is 1. The summed E-state index contributed by atoms with van der Waals surface area (Å²) in [4.78, 5) is 12.1. The van der Waals surface area contributed by atoms with Crippen LogP contribution >= 0.6 is 0 Å². The van der Waals surface area contributed by atoms with Gasteiger partial charge in [-0.1, -0.05) is 60.7 Å². The molecular formula is C17H17NO2. The standard InChI is InChI=1S/C17H17NO2/c18-17(11-15(17)14-9-5-2-6-10-14)16(19)20-12-13-7-3-1-4-8-13/h1-10,15H,11-12,18H2/t15?,17-/m1/s1. The largest absolute Gasteiger partial charge is 0.459 e. The van der Waals surface area contributed by atoms with Crippen LogP contribution in [0.4, 0.5) is 0 Å². The van der Waals surface area contributed by atoms with E-state index in [0.717, 1.165) is 11.1 Å². The molecule has 0 spiro atoms. The van der Waals surface area contributed by atoms with Crippen LogP contribution in [0.1, 0.15) is 23.5 Å². The molecule has 1 unspecified atom stereocenters. The number of hydrogen-bond acceptors (Lipinski definition) is 3. The maximum atomic E-state index is 12.1. The molecule has 3 nitrogen and oxygen atoms in total. The van der Waals surface area contributed by atoms with Gasteiger partial charge in [-0.2, -0.15) is 0 Å². The minimum Gasteiger partial charge on any atom is -0.459 e. The van der Waals surface area contributed by atoms with Gasteiger partial charge in [0.25, 0.3) is 0 Å². The number of rotatable bonds is 4. The van der Waals surface area contributed by atoms with Gasteiger partial charge in [0.05, 0.1) is 0 Å². The molecule has 3 heteroatoms. The van der Waals surface area contributed by atoms with Crippen molar-refractivity contribution in [1.29, 1.82) is 0 Å². The zero-order valence-corrected chi connectivity index (χ0v) is 11.2. The quantitative estimate of drug-likeness (QED) is 0.866. The first-order valence-electron chi connectivity index (χ1n) is 6.75. The first-order valence-corrected chi connectivity index (χ1v) is 6.75. The molecular weight excluding hydrogens is 250 g/mol. The van der Waals surface area contributed by atoms with Gasteiger partial charge in [0.15, 0.2) is 0 Å². The van der Waals surface area contributed by atoms with E-state index in [4.69, 9.17) is 10.5 Å². The second-order valence-electron chi connectivity index (χ2n) is 5.27. The molecule has 2 N–H and O–H groups in total. The van der Waals surface area contributed by atoms with Crippen LogP contribution in [0.15, 0.2) is 60.7 Å². The third-order valence-corrected chi connectivity index (χ3v) is 3.80. The molecule has 0 amide bonds. The molecule has 102 valence electrons. The Morgan fingerprint density at radius 1 is 1.10 bits per heavy atom. The van der Waals surface area contributed by atoms with Crippen LogP contribution in [0.2, 0.25) is 0 Å². The SMILES string of the molecule is N[C@]1(C(=O)OCc2ccccc2)CC1c1ccccc1. The summed E-state index contributed by atoms with van der Waals surface area (Å²) in [7, 11) is 0. The number of carbonyl (C=O) groups excluding carboxylic acids is 1. The third-order valence-electron chi connectivity index (χ3n) is 3.80. The molecule has 0 bridgehead atoms. The van der Waals surface area contributed by atoms with Gasteiger partial charge in [-0.3, -0.25) is 4.79 Å². The Labute approximate surface area is 118 Å². The van der Waals surface area contributed by atoms with Gasteiger partial charge in [0.2, 0.25) is 0 Å². The molecule has 1 aliphatic rings. The summed E-state index contributed by atoms with van der Waals surface area (Å²) < 4.78 is 5.34. The van der Waals surface area contributed by atoms with Crippen LogP contribution in [-0.4, -0.2) is 11.5 Å². The van der Waals surface area contributed by atoms with Gasteiger partial charge in [-0.15, -0.1) is 0 Å². The maximum Gasteiger partial charge on any atom is 0.327 e. The van der Waals surface area contributed by atoms with Crippen LogP contribution in [0.3, 0.4) is 0 Å². The van der Waals surface area contributed by atoms with Crippen LogP contribution in [-0.2, 0) is 16.1 Å². The highest BCUT2D eigenvalue weighted by Gasteiger charge is 2.59. The predicted molar refractivity (Wildman–Crippen MR) is 77.0 cm³/mol. The fourth-order valence-electron chi connectivity index (χ4n) is 2.46. The van der Waals surface area contributed by atoms with Crippen molar-refractivity contribution in [3.63, 3.8) is 0 Å². The van der Waals surface area contributed by atoms with Gasteiger partial charge in [-0.25, -0.2) is 0 Å². The zero-order chi connectivity index (χ0) is 14.0. The van der Waals surface area contributed by atoms with Gasteiger partial charge in [-0.05, 0) is 17.5 Å². The summed E-state index contributed by atoms with van der Waals surface area (Å²) in [5.41, 5.74) is 7.38. The molecule has 1 saturated carbocycles. The summed E-state index contributed by atoms with van der Waals surface area (Å²) in [6, 6.07) is 19.5. The Bertz CT molecular complexity index is 597. The van der Waals surface area contributed by atoms with Crippen molar-refractivity contribution in [2.75, 3.05) is 0 Å². The van der Waals surface area contributed by atoms with E-state index in [0.29, 0.717) is 6.42 Å². The molecule has 2 aromatic carbocycles. The van der Waals surface area contributed by atoms with Gasteiger partial charge in [0, 0.05) is 5.92 Å². The molecule has 1 aliphatic carbocycles. The van der Waals surface area contributed by atoms with E-state index < -0.39 is 5.54 Å². The predicted octanol–water partition coefficient (Wildman–Crippen LogP) is 2.61. The van der Waals surface area contributed by atoms with E-state index in [2.05, 4.69) is 0 Å². The lowest BCUT2D eigenvalue weighted by Crippen LogP contribution is -2.36. The highest BCUT2D eigenvalue weighted by molar-refractivity contribution is 5.86. The first kappa shape index (κ1) is 12.9. The molecule has 0 aliphatic heterocycles. The van der Waals surface area contributed by atoms with Crippen LogP contribution in [0.5, 0.6) is 0 Å². The maximum absolute atomic E-state index is 12.1. The zero-order valence-electron chi connectivity index (χ0n) is 11.2. The van der Waals surface area contributed by atoms with Crippen LogP contribution < -0.4 is 5.73 Å². The smallest absolute Gasteiger partial charge is 0.327 e. The van der Waals surface area contributed by atoms with Crippen molar-refractivity contribution < 1.29 is 9.53 Å². The topological polar surface area (TPSA) is 52.3 Å². The fraction of sp³-hybridized carbons (Fsp3) is 0.235. The monoisotopic (exact) mass is 267 g/mol. The second-order valence-corrected chi connectivity index (χ2v) is 5.27. The summed E-state index contributed by atoms with van der Waals surface area (Å²) in [5.74, 6) is -0.234. The molecule has 20 heavy (non-hydrogen) atoms. The van der Waals surface area contributed by atoms with E-state index in [-0.39, 0.29) is 18.5 Å². The van der Waals surface area contributed by atoms with Gasteiger partial charge < -0.3 is 10.5 Å². The van der Waals surface area contributed by atoms with E-state index in [1.807, 2.05) is 60.7 Å². The first-order chi connectivity index (χ1) is 9.70. The molecule has 3 rings (SSSR count). The van der Waals surface area contributed by atoms with Crippen LogP contribution in [0, 0.1) is 0 Å². The Balaban J connectivity index is 1.61. The molecule has 0 radical (unpaired) electrons. The average molecular weight is 267 g/mol. The van der Waals surface area contributed by atoms with Gasteiger partial charge >= 0.3 is 5.97 Å². The lowest BCUT2D eigenvalue weighted by molar-refractivity contribution is -0.147. The third kappa shape index (κ3) is 2.45. The lowest BCUT2D eigenvalue weighted by atomic mass is 10.1. The summed E-state index contributed by atoms with van der Waals surface area (Å²) in [6.07, 6.45) is 0.657. The fourth-order valence-corrected chi connectivity index (χ4v) is 2.46. The molecule has 1 fully saturated rings.